The minimum Gasteiger partial charge on any atom is -0.361 e. The average molecular weight is 288 g/mol. The molecular weight excluding hydrogens is 268 g/mol. The van der Waals surface area contributed by atoms with Gasteiger partial charge in [0.15, 0.2) is 5.13 Å². The zero-order valence-electron chi connectivity index (χ0n) is 11.8. The van der Waals surface area contributed by atoms with E-state index in [-0.39, 0.29) is 0 Å². The Hall–Kier alpha value is -1.43. The van der Waals surface area contributed by atoms with Gasteiger partial charge in [-0.2, -0.15) is 0 Å². The number of nitrogens with one attached hydrogen (secondary N) is 3. The molecule has 3 rings (SSSR count). The Balaban J connectivity index is 1.63. The molecule has 1 aromatic carbocycles. The largest absolute Gasteiger partial charge is 0.361 e. The molecule has 2 aromatic rings. The van der Waals surface area contributed by atoms with E-state index in [0.717, 1.165) is 17.4 Å². The molecule has 3 N–H and O–H groups in total. The first kappa shape index (κ1) is 13.5. The second kappa shape index (κ2) is 5.91. The summed E-state index contributed by atoms with van der Waals surface area (Å²) in [6.07, 6.45) is 0. The number of hydrazine groups is 1. The van der Waals surface area contributed by atoms with Crippen LogP contribution in [-0.4, -0.2) is 23.6 Å². The van der Waals surface area contributed by atoms with Crippen LogP contribution in [0.25, 0.3) is 11.3 Å². The molecule has 106 valence electrons. The summed E-state index contributed by atoms with van der Waals surface area (Å²) in [6.45, 7) is 5.35. The van der Waals surface area contributed by atoms with Crippen molar-refractivity contribution in [1.29, 1.82) is 0 Å². The van der Waals surface area contributed by atoms with Crippen molar-refractivity contribution in [1.82, 2.24) is 15.8 Å². The lowest BCUT2D eigenvalue weighted by Gasteiger charge is -2.17. The molecule has 0 amide bonds. The molecule has 2 unspecified atom stereocenters. The quantitative estimate of drug-likeness (QED) is 0.809. The molecule has 1 aliphatic heterocycles. The molecule has 1 aliphatic rings. The van der Waals surface area contributed by atoms with Gasteiger partial charge in [-0.15, -0.1) is 11.3 Å². The normalized spacial score (nSPS) is 25.8. The summed E-state index contributed by atoms with van der Waals surface area (Å²) in [5.41, 5.74) is 8.77. The van der Waals surface area contributed by atoms with Gasteiger partial charge in [-0.05, 0) is 13.8 Å². The van der Waals surface area contributed by atoms with Crippen LogP contribution in [0.2, 0.25) is 0 Å². The van der Waals surface area contributed by atoms with Gasteiger partial charge in [-0.3, -0.25) is 10.9 Å². The van der Waals surface area contributed by atoms with E-state index in [1.165, 1.54) is 5.56 Å². The monoisotopic (exact) mass is 288 g/mol. The third-order valence-corrected chi connectivity index (χ3v) is 4.69. The smallest absolute Gasteiger partial charge is 0.183 e. The molecular formula is C15H20N4S. The summed E-state index contributed by atoms with van der Waals surface area (Å²) in [7, 11) is 0. The van der Waals surface area contributed by atoms with Crippen molar-refractivity contribution in [2.45, 2.75) is 25.9 Å². The predicted molar refractivity (Wildman–Crippen MR) is 84.7 cm³/mol. The molecule has 2 heterocycles. The highest BCUT2D eigenvalue weighted by atomic mass is 32.1. The Kier molecular flexibility index (Phi) is 4.00. The van der Waals surface area contributed by atoms with Gasteiger partial charge >= 0.3 is 0 Å². The Morgan fingerprint density at radius 3 is 2.55 bits per heavy atom. The van der Waals surface area contributed by atoms with Gasteiger partial charge < -0.3 is 5.32 Å². The van der Waals surface area contributed by atoms with Gasteiger partial charge in [0, 0.05) is 35.5 Å². The molecule has 20 heavy (non-hydrogen) atoms. The fourth-order valence-corrected chi connectivity index (χ4v) is 3.29. The Bertz CT molecular complexity index is 544. The number of rotatable bonds is 4. The fourth-order valence-electron chi connectivity index (χ4n) is 2.57. The first-order valence-electron chi connectivity index (χ1n) is 7.00. The number of aromatic nitrogens is 1. The first-order valence-corrected chi connectivity index (χ1v) is 7.88. The van der Waals surface area contributed by atoms with E-state index in [0.29, 0.717) is 18.0 Å². The third-order valence-electron chi connectivity index (χ3n) is 3.89. The van der Waals surface area contributed by atoms with Crippen LogP contribution in [-0.2, 0) is 0 Å². The van der Waals surface area contributed by atoms with E-state index in [4.69, 9.17) is 0 Å². The summed E-state index contributed by atoms with van der Waals surface area (Å²) in [4.78, 5) is 4.66. The molecule has 0 radical (unpaired) electrons. The lowest BCUT2D eigenvalue weighted by Crippen LogP contribution is -2.30. The van der Waals surface area contributed by atoms with Gasteiger partial charge in [-0.1, -0.05) is 30.3 Å². The Morgan fingerprint density at radius 2 is 1.85 bits per heavy atom. The summed E-state index contributed by atoms with van der Waals surface area (Å²) in [6, 6.07) is 11.2. The van der Waals surface area contributed by atoms with Crippen LogP contribution in [0.5, 0.6) is 0 Å². The van der Waals surface area contributed by atoms with Crippen molar-refractivity contribution in [2.24, 2.45) is 5.92 Å². The van der Waals surface area contributed by atoms with Gasteiger partial charge in [0.05, 0.1) is 5.69 Å². The maximum absolute atomic E-state index is 4.66. The summed E-state index contributed by atoms with van der Waals surface area (Å²) in [5, 5.41) is 6.57. The standard InChI is InChI=1S/C15H20N4S/c1-10-13(11(2)19-18-10)8-16-15-17-14(9-20-15)12-6-4-3-5-7-12/h3-7,9-11,13,18-19H,8H2,1-2H3,(H,16,17). The highest BCUT2D eigenvalue weighted by Gasteiger charge is 2.29. The van der Waals surface area contributed by atoms with Crippen molar-refractivity contribution in [3.8, 4) is 11.3 Å². The summed E-state index contributed by atoms with van der Waals surface area (Å²) < 4.78 is 0. The molecule has 0 spiro atoms. The van der Waals surface area contributed by atoms with Crippen LogP contribution in [0, 0.1) is 5.92 Å². The van der Waals surface area contributed by atoms with E-state index in [2.05, 4.69) is 52.5 Å². The van der Waals surface area contributed by atoms with Crippen molar-refractivity contribution >= 4 is 16.5 Å². The Labute approximate surface area is 123 Å². The third kappa shape index (κ3) is 2.85. The highest BCUT2D eigenvalue weighted by Crippen LogP contribution is 2.25. The SMILES string of the molecule is CC1NNC(C)C1CNc1nc(-c2ccccc2)cs1. The molecule has 0 saturated carbocycles. The minimum absolute atomic E-state index is 0.478. The van der Waals surface area contributed by atoms with E-state index in [1.54, 1.807) is 11.3 Å². The van der Waals surface area contributed by atoms with Gasteiger partial charge in [0.25, 0.3) is 0 Å². The molecule has 5 heteroatoms. The number of thiazole rings is 1. The van der Waals surface area contributed by atoms with Crippen LogP contribution < -0.4 is 16.2 Å². The summed E-state index contributed by atoms with van der Waals surface area (Å²) >= 11 is 1.67. The fraction of sp³-hybridized carbons (Fsp3) is 0.400. The lowest BCUT2D eigenvalue weighted by atomic mass is 9.97. The Morgan fingerprint density at radius 1 is 1.15 bits per heavy atom. The van der Waals surface area contributed by atoms with Gasteiger partial charge in [-0.25, -0.2) is 4.98 Å². The maximum Gasteiger partial charge on any atom is 0.183 e. The molecule has 2 atom stereocenters. The van der Waals surface area contributed by atoms with E-state index in [1.807, 2.05) is 18.2 Å². The van der Waals surface area contributed by atoms with Crippen LogP contribution in [0.3, 0.4) is 0 Å². The number of anilines is 1. The van der Waals surface area contributed by atoms with E-state index < -0.39 is 0 Å². The molecule has 1 fully saturated rings. The zero-order chi connectivity index (χ0) is 13.9. The number of benzene rings is 1. The number of nitrogens with zero attached hydrogens (tertiary/aromatic N) is 1. The zero-order valence-corrected chi connectivity index (χ0v) is 12.6. The van der Waals surface area contributed by atoms with E-state index in [9.17, 15) is 0 Å². The van der Waals surface area contributed by atoms with Gasteiger partial charge in [0.1, 0.15) is 0 Å². The molecule has 0 bridgehead atoms. The minimum atomic E-state index is 0.478. The predicted octanol–water partition coefficient (Wildman–Crippen LogP) is 2.72. The average Bonchev–Trinajstić information content (AvgIpc) is 3.06. The van der Waals surface area contributed by atoms with Gasteiger partial charge in [0.2, 0.25) is 0 Å². The molecule has 1 aromatic heterocycles. The maximum atomic E-state index is 4.66. The van der Waals surface area contributed by atoms with Crippen molar-refractivity contribution < 1.29 is 0 Å². The van der Waals surface area contributed by atoms with Crippen LogP contribution in [0.15, 0.2) is 35.7 Å². The molecule has 1 saturated heterocycles. The molecule has 4 nitrogen and oxygen atoms in total. The second-order valence-corrected chi connectivity index (χ2v) is 6.17. The first-order chi connectivity index (χ1) is 9.74. The van der Waals surface area contributed by atoms with Crippen molar-refractivity contribution in [3.63, 3.8) is 0 Å². The summed E-state index contributed by atoms with van der Waals surface area (Å²) in [5.74, 6) is 0.569. The molecule has 0 aliphatic carbocycles. The topological polar surface area (TPSA) is 49.0 Å². The van der Waals surface area contributed by atoms with Crippen molar-refractivity contribution in [2.75, 3.05) is 11.9 Å². The van der Waals surface area contributed by atoms with E-state index >= 15 is 0 Å². The number of hydrogen-bond donors (Lipinski definition) is 3. The van der Waals surface area contributed by atoms with Crippen LogP contribution >= 0.6 is 11.3 Å². The van der Waals surface area contributed by atoms with Crippen molar-refractivity contribution in [3.05, 3.63) is 35.7 Å². The van der Waals surface area contributed by atoms with Crippen LogP contribution in [0.1, 0.15) is 13.8 Å². The second-order valence-electron chi connectivity index (χ2n) is 5.31. The lowest BCUT2D eigenvalue weighted by molar-refractivity contribution is 0.466. The number of hydrogen-bond acceptors (Lipinski definition) is 5. The van der Waals surface area contributed by atoms with Crippen LogP contribution in [0.4, 0.5) is 5.13 Å². The highest BCUT2D eigenvalue weighted by molar-refractivity contribution is 7.14.